The molecular formula is C16H19ClN4O3S. The van der Waals surface area contributed by atoms with Gasteiger partial charge in [-0.05, 0) is 31.0 Å². The van der Waals surface area contributed by atoms with Crippen LogP contribution >= 0.6 is 22.9 Å². The average molecular weight is 383 g/mol. The van der Waals surface area contributed by atoms with Gasteiger partial charge in [-0.3, -0.25) is 4.79 Å². The molecule has 0 fully saturated rings. The van der Waals surface area contributed by atoms with E-state index in [4.69, 9.17) is 26.8 Å². The smallest absolute Gasteiger partial charge is 0.283 e. The Morgan fingerprint density at radius 3 is 2.88 bits per heavy atom. The number of amides is 1. The Kier molecular flexibility index (Phi) is 6.60. The Bertz CT molecular complexity index is 792. The lowest BCUT2D eigenvalue weighted by molar-refractivity contribution is 0.0958. The fourth-order valence-electron chi connectivity index (χ4n) is 2.10. The summed E-state index contributed by atoms with van der Waals surface area (Å²) in [5.41, 5.74) is 9.42. The number of benzene rings is 1. The van der Waals surface area contributed by atoms with E-state index >= 15 is 0 Å². The molecule has 0 saturated carbocycles. The minimum Gasteiger partial charge on any atom is -0.493 e. The van der Waals surface area contributed by atoms with Gasteiger partial charge >= 0.3 is 0 Å². The van der Waals surface area contributed by atoms with Crippen LogP contribution in [-0.2, 0) is 6.42 Å². The van der Waals surface area contributed by atoms with Crippen LogP contribution in [0.15, 0.2) is 17.2 Å². The Morgan fingerprint density at radius 1 is 1.48 bits per heavy atom. The van der Waals surface area contributed by atoms with Crippen molar-refractivity contribution in [3.05, 3.63) is 33.3 Å². The summed E-state index contributed by atoms with van der Waals surface area (Å²) in [5, 5.41) is 4.71. The molecule has 1 amide bonds. The van der Waals surface area contributed by atoms with E-state index in [-0.39, 0.29) is 5.91 Å². The van der Waals surface area contributed by atoms with Crippen molar-refractivity contribution in [1.82, 2.24) is 10.4 Å². The van der Waals surface area contributed by atoms with E-state index in [1.807, 2.05) is 13.8 Å². The lowest BCUT2D eigenvalue weighted by atomic mass is 10.2. The lowest BCUT2D eigenvalue weighted by Gasteiger charge is -2.11. The first-order chi connectivity index (χ1) is 12.0. The molecule has 9 heteroatoms. The highest BCUT2D eigenvalue weighted by Gasteiger charge is 2.15. The SMILES string of the molecule is CCOc1c(Cl)cc(/C=N\NC(=O)c2sc(N)nc2CC)cc1OC. The number of halogens is 1. The summed E-state index contributed by atoms with van der Waals surface area (Å²) in [6, 6.07) is 3.39. The molecule has 134 valence electrons. The molecule has 0 unspecified atom stereocenters. The van der Waals surface area contributed by atoms with E-state index in [0.29, 0.717) is 50.8 Å². The lowest BCUT2D eigenvalue weighted by Crippen LogP contribution is -2.17. The van der Waals surface area contributed by atoms with E-state index < -0.39 is 0 Å². The molecule has 0 bridgehead atoms. The number of anilines is 1. The van der Waals surface area contributed by atoms with Gasteiger partial charge in [-0.2, -0.15) is 5.10 Å². The molecule has 0 aliphatic carbocycles. The monoisotopic (exact) mass is 382 g/mol. The third-order valence-corrected chi connectivity index (χ3v) is 4.38. The van der Waals surface area contributed by atoms with Crippen molar-refractivity contribution >= 4 is 40.2 Å². The quantitative estimate of drug-likeness (QED) is 0.566. The Hall–Kier alpha value is -2.32. The first kappa shape index (κ1) is 19.0. The molecule has 25 heavy (non-hydrogen) atoms. The van der Waals surface area contributed by atoms with E-state index in [1.165, 1.54) is 13.3 Å². The topological polar surface area (TPSA) is 98.8 Å². The predicted octanol–water partition coefficient (Wildman–Crippen LogP) is 3.11. The zero-order valence-corrected chi connectivity index (χ0v) is 15.7. The van der Waals surface area contributed by atoms with Crippen molar-refractivity contribution in [2.45, 2.75) is 20.3 Å². The molecule has 1 aromatic carbocycles. The van der Waals surface area contributed by atoms with Crippen molar-refractivity contribution in [2.24, 2.45) is 5.10 Å². The van der Waals surface area contributed by atoms with Gasteiger partial charge < -0.3 is 15.2 Å². The van der Waals surface area contributed by atoms with E-state index in [9.17, 15) is 4.79 Å². The molecule has 2 aromatic rings. The van der Waals surface area contributed by atoms with Gasteiger partial charge in [0.15, 0.2) is 16.6 Å². The number of hydrogen-bond donors (Lipinski definition) is 2. The highest BCUT2D eigenvalue weighted by Crippen LogP contribution is 2.35. The standard InChI is InChI=1S/C16H19ClN4O3S/c1-4-11-14(25-16(18)20-11)15(22)21-19-8-9-6-10(17)13(24-5-2)12(7-9)23-3/h6-8H,4-5H2,1-3H3,(H2,18,20)(H,21,22)/b19-8-. The molecule has 0 spiro atoms. The number of nitrogens with two attached hydrogens (primary N) is 1. The van der Waals surface area contributed by atoms with Crippen LogP contribution in [0.2, 0.25) is 5.02 Å². The zero-order valence-electron chi connectivity index (χ0n) is 14.1. The average Bonchev–Trinajstić information content (AvgIpc) is 2.98. The second-order valence-corrected chi connectivity index (χ2v) is 6.29. The van der Waals surface area contributed by atoms with E-state index in [1.54, 1.807) is 12.1 Å². The van der Waals surface area contributed by atoms with Gasteiger partial charge in [-0.25, -0.2) is 10.4 Å². The number of rotatable bonds is 7. The van der Waals surface area contributed by atoms with Crippen LogP contribution in [0.25, 0.3) is 0 Å². The second-order valence-electron chi connectivity index (χ2n) is 4.85. The first-order valence-corrected chi connectivity index (χ1v) is 8.78. The summed E-state index contributed by atoms with van der Waals surface area (Å²) in [6.45, 7) is 4.23. The van der Waals surface area contributed by atoms with Crippen molar-refractivity contribution in [1.29, 1.82) is 0 Å². The van der Waals surface area contributed by atoms with Crippen molar-refractivity contribution in [3.8, 4) is 11.5 Å². The van der Waals surface area contributed by atoms with Crippen LogP contribution in [0.4, 0.5) is 5.13 Å². The van der Waals surface area contributed by atoms with Gasteiger partial charge in [0.2, 0.25) is 0 Å². The number of hydrogen-bond acceptors (Lipinski definition) is 7. The van der Waals surface area contributed by atoms with Crippen molar-refractivity contribution in [2.75, 3.05) is 19.5 Å². The highest BCUT2D eigenvalue weighted by atomic mass is 35.5. The van der Waals surface area contributed by atoms with Crippen LogP contribution in [-0.4, -0.2) is 30.8 Å². The highest BCUT2D eigenvalue weighted by molar-refractivity contribution is 7.17. The number of nitrogens with one attached hydrogen (secondary N) is 1. The summed E-state index contributed by atoms with van der Waals surface area (Å²) >= 11 is 7.33. The number of carbonyl (C=O) groups is 1. The minimum absolute atomic E-state index is 0.355. The normalized spacial score (nSPS) is 10.9. The van der Waals surface area contributed by atoms with Gasteiger partial charge in [-0.1, -0.05) is 29.9 Å². The molecule has 0 radical (unpaired) electrons. The Labute approximate surface area is 154 Å². The number of ether oxygens (including phenoxy) is 2. The molecule has 3 N–H and O–H groups in total. The first-order valence-electron chi connectivity index (χ1n) is 7.59. The molecule has 0 aliphatic heterocycles. The van der Waals surface area contributed by atoms with Crippen LogP contribution in [0.5, 0.6) is 11.5 Å². The van der Waals surface area contributed by atoms with Crippen LogP contribution < -0.4 is 20.6 Å². The third kappa shape index (κ3) is 4.61. The number of aromatic nitrogens is 1. The van der Waals surface area contributed by atoms with Gasteiger partial charge in [0.05, 0.1) is 30.6 Å². The van der Waals surface area contributed by atoms with Gasteiger partial charge in [0.1, 0.15) is 4.88 Å². The summed E-state index contributed by atoms with van der Waals surface area (Å²) in [7, 11) is 1.53. The summed E-state index contributed by atoms with van der Waals surface area (Å²) in [4.78, 5) is 16.7. The fourth-order valence-corrected chi connectivity index (χ4v) is 3.19. The summed E-state index contributed by atoms with van der Waals surface area (Å²) in [6.07, 6.45) is 2.09. The largest absolute Gasteiger partial charge is 0.493 e. The molecule has 0 atom stereocenters. The number of carbonyl (C=O) groups excluding carboxylic acids is 1. The Balaban J connectivity index is 2.14. The van der Waals surface area contributed by atoms with Crippen molar-refractivity contribution < 1.29 is 14.3 Å². The predicted molar refractivity (Wildman–Crippen MR) is 100 cm³/mol. The zero-order chi connectivity index (χ0) is 18.4. The molecule has 1 aromatic heterocycles. The maximum atomic E-state index is 12.2. The maximum Gasteiger partial charge on any atom is 0.283 e. The summed E-state index contributed by atoms with van der Waals surface area (Å²) in [5.74, 6) is 0.609. The molecule has 1 heterocycles. The molecule has 0 saturated heterocycles. The van der Waals surface area contributed by atoms with E-state index in [2.05, 4.69) is 15.5 Å². The van der Waals surface area contributed by atoms with Crippen LogP contribution in [0.3, 0.4) is 0 Å². The number of thiazole rings is 1. The number of aryl methyl sites for hydroxylation is 1. The molecular weight excluding hydrogens is 364 g/mol. The van der Waals surface area contributed by atoms with Crippen LogP contribution in [0, 0.1) is 0 Å². The fraction of sp³-hybridized carbons (Fsp3) is 0.312. The van der Waals surface area contributed by atoms with Crippen LogP contribution in [0.1, 0.15) is 34.8 Å². The van der Waals surface area contributed by atoms with E-state index in [0.717, 1.165) is 11.3 Å². The molecule has 7 nitrogen and oxygen atoms in total. The van der Waals surface area contributed by atoms with Gasteiger partial charge in [0.25, 0.3) is 5.91 Å². The number of nitrogen functional groups attached to an aromatic ring is 1. The maximum absolute atomic E-state index is 12.2. The second kappa shape index (κ2) is 8.68. The van der Waals surface area contributed by atoms with Gasteiger partial charge in [0, 0.05) is 0 Å². The molecule has 2 rings (SSSR count). The number of hydrazone groups is 1. The van der Waals surface area contributed by atoms with Crippen molar-refractivity contribution in [3.63, 3.8) is 0 Å². The number of methoxy groups -OCH3 is 1. The Morgan fingerprint density at radius 2 is 2.24 bits per heavy atom. The minimum atomic E-state index is -0.355. The number of nitrogens with zero attached hydrogens (tertiary/aromatic N) is 2. The summed E-state index contributed by atoms with van der Waals surface area (Å²) < 4.78 is 10.7. The third-order valence-electron chi connectivity index (χ3n) is 3.18. The van der Waals surface area contributed by atoms with Gasteiger partial charge in [-0.15, -0.1) is 0 Å². The molecule has 0 aliphatic rings.